The van der Waals surface area contributed by atoms with E-state index in [4.69, 9.17) is 0 Å². The number of aromatic nitrogens is 1. The zero-order chi connectivity index (χ0) is 15.2. The van der Waals surface area contributed by atoms with E-state index in [0.717, 1.165) is 37.9 Å². The number of piperidine rings is 1. The first-order chi connectivity index (χ1) is 10.0. The quantitative estimate of drug-likeness (QED) is 0.797. The average Bonchev–Trinajstić information content (AvgIpc) is 2.47. The third-order valence-electron chi connectivity index (χ3n) is 3.83. The molecule has 0 spiro atoms. The van der Waals surface area contributed by atoms with Crippen molar-refractivity contribution >= 4 is 5.91 Å². The van der Waals surface area contributed by atoms with Crippen LogP contribution >= 0.6 is 0 Å². The molecule has 21 heavy (non-hydrogen) atoms. The van der Waals surface area contributed by atoms with Gasteiger partial charge in [0.05, 0.1) is 6.10 Å². The third kappa shape index (κ3) is 5.06. The Morgan fingerprint density at radius 2 is 2.29 bits per heavy atom. The number of amides is 1. The van der Waals surface area contributed by atoms with Gasteiger partial charge in [-0.1, -0.05) is 6.92 Å². The van der Waals surface area contributed by atoms with Gasteiger partial charge in [0.15, 0.2) is 0 Å². The monoisotopic (exact) mass is 295 g/mol. The smallest absolute Gasteiger partial charge is 0.251 e. The van der Waals surface area contributed by atoms with E-state index in [2.05, 4.69) is 22.1 Å². The molecule has 2 heterocycles. The number of nitrogens with zero attached hydrogens (tertiary/aromatic N) is 2. The highest BCUT2D eigenvalue weighted by Crippen LogP contribution is 2.15. The number of rotatable bonds is 5. The standard InChI is InChI=1S/C15H22FN3O2/c1-11-3-6-19(7-4-11)10-13(20)9-18-15(21)12-2-5-17-14(16)8-12/h2,5,8,11,13,20H,3-4,6-7,9-10H2,1H3,(H,18,21). The van der Waals surface area contributed by atoms with Gasteiger partial charge in [-0.25, -0.2) is 4.98 Å². The molecule has 0 aliphatic carbocycles. The van der Waals surface area contributed by atoms with Gasteiger partial charge in [-0.15, -0.1) is 0 Å². The van der Waals surface area contributed by atoms with Gasteiger partial charge in [-0.3, -0.25) is 4.79 Å². The van der Waals surface area contributed by atoms with Crippen LogP contribution in [0, 0.1) is 11.9 Å². The van der Waals surface area contributed by atoms with Crippen LogP contribution in [0.3, 0.4) is 0 Å². The highest BCUT2D eigenvalue weighted by atomic mass is 19.1. The molecule has 0 aromatic carbocycles. The van der Waals surface area contributed by atoms with Gasteiger partial charge >= 0.3 is 0 Å². The summed E-state index contributed by atoms with van der Waals surface area (Å²) < 4.78 is 12.9. The molecule has 1 aliphatic rings. The molecule has 1 aromatic heterocycles. The summed E-state index contributed by atoms with van der Waals surface area (Å²) in [5, 5.41) is 12.6. The van der Waals surface area contributed by atoms with Crippen LogP contribution in [-0.4, -0.2) is 53.2 Å². The number of pyridine rings is 1. The molecule has 2 N–H and O–H groups in total. The van der Waals surface area contributed by atoms with Crippen molar-refractivity contribution < 1.29 is 14.3 Å². The molecule has 2 rings (SSSR count). The highest BCUT2D eigenvalue weighted by molar-refractivity contribution is 5.93. The minimum Gasteiger partial charge on any atom is -0.390 e. The van der Waals surface area contributed by atoms with E-state index in [1.807, 2.05) is 0 Å². The van der Waals surface area contributed by atoms with Crippen molar-refractivity contribution in [1.29, 1.82) is 0 Å². The fourth-order valence-corrected chi connectivity index (χ4v) is 2.46. The molecule has 1 atom stereocenters. The maximum absolute atomic E-state index is 12.9. The first-order valence-electron chi connectivity index (χ1n) is 7.35. The summed E-state index contributed by atoms with van der Waals surface area (Å²) in [4.78, 5) is 17.4. The van der Waals surface area contributed by atoms with Gasteiger partial charge in [0.25, 0.3) is 5.91 Å². The normalized spacial score (nSPS) is 18.4. The molecule has 5 nitrogen and oxygen atoms in total. The topological polar surface area (TPSA) is 65.5 Å². The summed E-state index contributed by atoms with van der Waals surface area (Å²) in [6.45, 7) is 4.93. The van der Waals surface area contributed by atoms with E-state index in [0.29, 0.717) is 6.54 Å². The van der Waals surface area contributed by atoms with Crippen molar-refractivity contribution in [2.75, 3.05) is 26.2 Å². The van der Waals surface area contributed by atoms with Crippen LogP contribution < -0.4 is 5.32 Å². The van der Waals surface area contributed by atoms with Crippen molar-refractivity contribution in [3.8, 4) is 0 Å². The number of β-amino-alcohol motifs (C(OH)–C–C–N with tert-alkyl or cyclic N) is 1. The largest absolute Gasteiger partial charge is 0.390 e. The Labute approximate surface area is 124 Å². The minimum absolute atomic E-state index is 0.162. The number of halogens is 1. The zero-order valence-corrected chi connectivity index (χ0v) is 12.3. The number of aliphatic hydroxyl groups excluding tert-OH is 1. The van der Waals surface area contributed by atoms with Gasteiger partial charge in [-0.2, -0.15) is 4.39 Å². The van der Waals surface area contributed by atoms with E-state index in [1.54, 1.807) is 0 Å². The molecule has 6 heteroatoms. The first-order valence-corrected chi connectivity index (χ1v) is 7.35. The van der Waals surface area contributed by atoms with Gasteiger partial charge in [0.2, 0.25) is 5.95 Å². The van der Waals surface area contributed by atoms with Crippen molar-refractivity contribution in [2.45, 2.75) is 25.9 Å². The van der Waals surface area contributed by atoms with Crippen molar-refractivity contribution in [1.82, 2.24) is 15.2 Å². The number of nitrogens with one attached hydrogen (secondary N) is 1. The molecule has 116 valence electrons. The SMILES string of the molecule is CC1CCN(CC(O)CNC(=O)c2ccnc(F)c2)CC1. The van der Waals surface area contributed by atoms with Crippen LogP contribution in [0.4, 0.5) is 4.39 Å². The summed E-state index contributed by atoms with van der Waals surface area (Å²) in [7, 11) is 0. The van der Waals surface area contributed by atoms with Crippen LogP contribution in [0.15, 0.2) is 18.3 Å². The lowest BCUT2D eigenvalue weighted by Crippen LogP contribution is -2.43. The lowest BCUT2D eigenvalue weighted by molar-refractivity contribution is 0.0795. The fraction of sp³-hybridized carbons (Fsp3) is 0.600. The third-order valence-corrected chi connectivity index (χ3v) is 3.83. The molecular weight excluding hydrogens is 273 g/mol. The van der Waals surface area contributed by atoms with Gasteiger partial charge in [-0.05, 0) is 37.9 Å². The second kappa shape index (κ2) is 7.47. The van der Waals surface area contributed by atoms with E-state index in [-0.39, 0.29) is 12.1 Å². The van der Waals surface area contributed by atoms with Crippen molar-refractivity contribution in [2.24, 2.45) is 5.92 Å². The minimum atomic E-state index is -0.689. The summed E-state index contributed by atoms with van der Waals surface area (Å²) in [6, 6.07) is 2.52. The second-order valence-electron chi connectivity index (χ2n) is 5.71. The van der Waals surface area contributed by atoms with Crippen molar-refractivity contribution in [3.05, 3.63) is 29.8 Å². The number of carbonyl (C=O) groups is 1. The van der Waals surface area contributed by atoms with E-state index >= 15 is 0 Å². The van der Waals surface area contributed by atoms with Crippen LogP contribution in [-0.2, 0) is 0 Å². The first kappa shape index (κ1) is 15.9. The Balaban J connectivity index is 1.73. The van der Waals surface area contributed by atoms with Crippen LogP contribution in [0.2, 0.25) is 0 Å². The number of carbonyl (C=O) groups excluding carboxylic acids is 1. The van der Waals surface area contributed by atoms with Crippen molar-refractivity contribution in [3.63, 3.8) is 0 Å². The zero-order valence-electron chi connectivity index (χ0n) is 12.3. The van der Waals surface area contributed by atoms with Crippen LogP contribution in [0.25, 0.3) is 0 Å². The lowest BCUT2D eigenvalue weighted by atomic mass is 9.99. The second-order valence-corrected chi connectivity index (χ2v) is 5.71. The Morgan fingerprint density at radius 3 is 2.95 bits per heavy atom. The van der Waals surface area contributed by atoms with Gasteiger partial charge in [0, 0.05) is 30.9 Å². The molecule has 1 amide bonds. The molecule has 0 saturated carbocycles. The molecule has 1 unspecified atom stereocenters. The average molecular weight is 295 g/mol. The highest BCUT2D eigenvalue weighted by Gasteiger charge is 2.18. The predicted octanol–water partition coefficient (Wildman–Crippen LogP) is 1.04. The van der Waals surface area contributed by atoms with Crippen LogP contribution in [0.5, 0.6) is 0 Å². The summed E-state index contributed by atoms with van der Waals surface area (Å²) in [5.41, 5.74) is 0.210. The maximum Gasteiger partial charge on any atom is 0.251 e. The fourth-order valence-electron chi connectivity index (χ4n) is 2.46. The van der Waals surface area contributed by atoms with Gasteiger partial charge < -0.3 is 15.3 Å². The Morgan fingerprint density at radius 1 is 1.57 bits per heavy atom. The van der Waals surface area contributed by atoms with E-state index in [9.17, 15) is 14.3 Å². The predicted molar refractivity (Wildman–Crippen MR) is 77.4 cm³/mol. The van der Waals surface area contributed by atoms with Gasteiger partial charge in [0.1, 0.15) is 0 Å². The Bertz CT molecular complexity index is 476. The number of likely N-dealkylation sites (tertiary alicyclic amines) is 1. The number of hydrogen-bond acceptors (Lipinski definition) is 4. The molecule has 1 aliphatic heterocycles. The summed E-state index contributed by atoms with van der Waals surface area (Å²) in [5.74, 6) is -0.340. The van der Waals surface area contributed by atoms with E-state index in [1.165, 1.54) is 12.3 Å². The molecule has 1 saturated heterocycles. The molecule has 1 aromatic rings. The van der Waals surface area contributed by atoms with E-state index < -0.39 is 18.0 Å². The molecule has 0 bridgehead atoms. The summed E-state index contributed by atoms with van der Waals surface area (Å²) in [6.07, 6.45) is 2.93. The molecule has 1 fully saturated rings. The number of hydrogen-bond donors (Lipinski definition) is 2. The molecular formula is C15H22FN3O2. The van der Waals surface area contributed by atoms with Crippen LogP contribution in [0.1, 0.15) is 30.1 Å². The molecule has 0 radical (unpaired) electrons. The lowest BCUT2D eigenvalue weighted by Gasteiger charge is -2.31. The Hall–Kier alpha value is -1.53. The Kier molecular flexibility index (Phi) is 5.64. The maximum atomic E-state index is 12.9. The summed E-state index contributed by atoms with van der Waals surface area (Å²) >= 11 is 0. The number of aliphatic hydroxyl groups is 1.